The SMILES string of the molecule is COC(C)(C)C(O)CCN1CC(C)SC(C)C1. The van der Waals surface area contributed by atoms with Gasteiger partial charge in [-0.1, -0.05) is 13.8 Å². The van der Waals surface area contributed by atoms with Gasteiger partial charge in [-0.15, -0.1) is 0 Å². The molecule has 0 amide bonds. The molecule has 0 aromatic carbocycles. The second-order valence-corrected chi connectivity index (χ2v) is 7.51. The standard InChI is InChI=1S/C13H27NO2S/c1-10-8-14(9-11(2)17-10)7-6-12(15)13(3,4)16-5/h10-12,15H,6-9H2,1-5H3. The van der Waals surface area contributed by atoms with E-state index in [2.05, 4.69) is 30.5 Å². The smallest absolute Gasteiger partial charge is 0.0880 e. The van der Waals surface area contributed by atoms with Gasteiger partial charge in [0.05, 0.1) is 11.7 Å². The molecule has 0 aliphatic carbocycles. The molecular weight excluding hydrogens is 234 g/mol. The van der Waals surface area contributed by atoms with Crippen LogP contribution in [0.25, 0.3) is 0 Å². The van der Waals surface area contributed by atoms with Gasteiger partial charge >= 0.3 is 0 Å². The Morgan fingerprint density at radius 3 is 2.35 bits per heavy atom. The lowest BCUT2D eigenvalue weighted by Gasteiger charge is -2.36. The molecule has 0 saturated carbocycles. The summed E-state index contributed by atoms with van der Waals surface area (Å²) in [5.41, 5.74) is -0.443. The maximum Gasteiger partial charge on any atom is 0.0880 e. The number of methoxy groups -OCH3 is 1. The fraction of sp³-hybridized carbons (Fsp3) is 1.00. The summed E-state index contributed by atoms with van der Waals surface area (Å²) in [4.78, 5) is 2.46. The number of rotatable bonds is 5. The van der Waals surface area contributed by atoms with Crippen molar-refractivity contribution in [2.45, 2.75) is 56.3 Å². The Balaban J connectivity index is 2.35. The fourth-order valence-electron chi connectivity index (χ4n) is 2.26. The molecule has 3 atom stereocenters. The molecule has 1 fully saturated rings. The van der Waals surface area contributed by atoms with Crippen molar-refractivity contribution in [2.24, 2.45) is 0 Å². The third kappa shape index (κ3) is 4.78. The first-order valence-corrected chi connectivity index (χ1v) is 7.40. The first kappa shape index (κ1) is 15.3. The maximum absolute atomic E-state index is 10.1. The quantitative estimate of drug-likeness (QED) is 0.820. The molecule has 1 rings (SSSR count). The molecule has 0 spiro atoms. The van der Waals surface area contributed by atoms with Gasteiger partial charge in [-0.3, -0.25) is 0 Å². The third-order valence-electron chi connectivity index (χ3n) is 3.54. The molecule has 0 radical (unpaired) electrons. The first-order chi connectivity index (χ1) is 7.85. The van der Waals surface area contributed by atoms with Crippen molar-refractivity contribution in [3.05, 3.63) is 0 Å². The first-order valence-electron chi connectivity index (χ1n) is 6.46. The summed E-state index contributed by atoms with van der Waals surface area (Å²) >= 11 is 2.06. The molecule has 1 aliphatic heterocycles. The summed E-state index contributed by atoms with van der Waals surface area (Å²) < 4.78 is 5.31. The summed E-state index contributed by atoms with van der Waals surface area (Å²) in [5.74, 6) is 0. The Kier molecular flexibility index (Phi) is 5.77. The topological polar surface area (TPSA) is 32.7 Å². The minimum Gasteiger partial charge on any atom is -0.390 e. The van der Waals surface area contributed by atoms with Crippen molar-refractivity contribution in [3.8, 4) is 0 Å². The Morgan fingerprint density at radius 1 is 1.35 bits per heavy atom. The number of nitrogens with zero attached hydrogens (tertiary/aromatic N) is 1. The average molecular weight is 261 g/mol. The van der Waals surface area contributed by atoms with Gasteiger partial charge in [-0.25, -0.2) is 0 Å². The van der Waals surface area contributed by atoms with E-state index in [-0.39, 0.29) is 0 Å². The molecule has 0 aromatic rings. The molecule has 1 N–H and O–H groups in total. The van der Waals surface area contributed by atoms with Crippen LogP contribution in [0.4, 0.5) is 0 Å². The molecule has 1 saturated heterocycles. The Hall–Kier alpha value is 0.230. The van der Waals surface area contributed by atoms with E-state index in [1.54, 1.807) is 7.11 Å². The van der Waals surface area contributed by atoms with Gasteiger partial charge in [0.25, 0.3) is 0 Å². The molecule has 0 aromatic heterocycles. The highest BCUT2D eigenvalue weighted by Gasteiger charge is 2.29. The van der Waals surface area contributed by atoms with Crippen LogP contribution in [-0.4, -0.2) is 59.0 Å². The zero-order valence-corrected chi connectivity index (χ0v) is 12.6. The van der Waals surface area contributed by atoms with Crippen LogP contribution in [0.5, 0.6) is 0 Å². The van der Waals surface area contributed by atoms with Gasteiger partial charge in [0.1, 0.15) is 0 Å². The monoisotopic (exact) mass is 261 g/mol. The Labute approximate surface area is 110 Å². The number of ether oxygens (including phenoxy) is 1. The van der Waals surface area contributed by atoms with E-state index in [9.17, 15) is 5.11 Å². The van der Waals surface area contributed by atoms with Gasteiger partial charge in [0.15, 0.2) is 0 Å². The normalized spacial score (nSPS) is 29.3. The molecule has 3 nitrogen and oxygen atoms in total. The van der Waals surface area contributed by atoms with E-state index in [0.717, 1.165) is 26.1 Å². The number of aliphatic hydroxyl groups is 1. The second-order valence-electron chi connectivity index (χ2n) is 5.63. The highest BCUT2D eigenvalue weighted by atomic mass is 32.2. The zero-order valence-electron chi connectivity index (χ0n) is 11.8. The van der Waals surface area contributed by atoms with Crippen LogP contribution in [0.2, 0.25) is 0 Å². The van der Waals surface area contributed by atoms with Crippen LogP contribution >= 0.6 is 11.8 Å². The van der Waals surface area contributed by atoms with Gasteiger partial charge in [0, 0.05) is 37.2 Å². The van der Waals surface area contributed by atoms with Gasteiger partial charge in [-0.05, 0) is 20.3 Å². The van der Waals surface area contributed by atoms with E-state index in [4.69, 9.17) is 4.74 Å². The van der Waals surface area contributed by atoms with E-state index in [1.807, 2.05) is 13.8 Å². The van der Waals surface area contributed by atoms with Crippen molar-refractivity contribution in [1.82, 2.24) is 4.90 Å². The summed E-state index contributed by atoms with van der Waals surface area (Å²) in [5, 5.41) is 11.5. The highest BCUT2D eigenvalue weighted by Crippen LogP contribution is 2.25. The van der Waals surface area contributed by atoms with Crippen LogP contribution in [0.15, 0.2) is 0 Å². The van der Waals surface area contributed by atoms with E-state index < -0.39 is 11.7 Å². The van der Waals surface area contributed by atoms with Gasteiger partial charge in [0.2, 0.25) is 0 Å². The summed E-state index contributed by atoms with van der Waals surface area (Å²) in [6.07, 6.45) is 0.387. The largest absolute Gasteiger partial charge is 0.390 e. The lowest BCUT2D eigenvalue weighted by Crippen LogP contribution is -2.44. The second kappa shape index (κ2) is 6.41. The molecule has 1 heterocycles. The molecule has 3 unspecified atom stereocenters. The van der Waals surface area contributed by atoms with Gasteiger partial charge in [-0.2, -0.15) is 11.8 Å². The number of thioether (sulfide) groups is 1. The van der Waals surface area contributed by atoms with Crippen LogP contribution in [0, 0.1) is 0 Å². The molecule has 0 bridgehead atoms. The molecule has 17 heavy (non-hydrogen) atoms. The van der Waals surface area contributed by atoms with E-state index in [1.165, 1.54) is 0 Å². The number of aliphatic hydroxyl groups excluding tert-OH is 1. The molecule has 4 heteroatoms. The van der Waals surface area contributed by atoms with Crippen molar-refractivity contribution in [1.29, 1.82) is 0 Å². The number of hydrogen-bond donors (Lipinski definition) is 1. The molecular formula is C13H27NO2S. The third-order valence-corrected chi connectivity index (χ3v) is 4.77. The lowest BCUT2D eigenvalue weighted by atomic mass is 9.98. The molecule has 1 aliphatic rings. The highest BCUT2D eigenvalue weighted by molar-refractivity contribution is 8.00. The number of hydrogen-bond acceptors (Lipinski definition) is 4. The molecule has 102 valence electrons. The predicted octanol–water partition coefficient (Wildman–Crippen LogP) is 1.99. The minimum atomic E-state index is -0.443. The maximum atomic E-state index is 10.1. The van der Waals surface area contributed by atoms with E-state index in [0.29, 0.717) is 10.5 Å². The zero-order chi connectivity index (χ0) is 13.1. The average Bonchev–Trinajstić information content (AvgIpc) is 2.24. The van der Waals surface area contributed by atoms with Crippen molar-refractivity contribution < 1.29 is 9.84 Å². The predicted molar refractivity (Wildman–Crippen MR) is 74.7 cm³/mol. The Morgan fingerprint density at radius 2 is 1.88 bits per heavy atom. The van der Waals surface area contributed by atoms with Crippen LogP contribution in [0.1, 0.15) is 34.1 Å². The Bertz CT molecular complexity index is 225. The summed E-state index contributed by atoms with van der Waals surface area (Å²) in [7, 11) is 1.66. The fourth-order valence-corrected chi connectivity index (χ4v) is 3.64. The van der Waals surface area contributed by atoms with Crippen LogP contribution in [-0.2, 0) is 4.74 Å². The van der Waals surface area contributed by atoms with Crippen molar-refractivity contribution in [2.75, 3.05) is 26.7 Å². The summed E-state index contributed by atoms with van der Waals surface area (Å²) in [6.45, 7) is 11.7. The van der Waals surface area contributed by atoms with Crippen molar-refractivity contribution in [3.63, 3.8) is 0 Å². The van der Waals surface area contributed by atoms with Crippen LogP contribution in [0.3, 0.4) is 0 Å². The van der Waals surface area contributed by atoms with E-state index >= 15 is 0 Å². The summed E-state index contributed by atoms with van der Waals surface area (Å²) in [6, 6.07) is 0. The minimum absolute atomic E-state index is 0.396. The lowest BCUT2D eigenvalue weighted by molar-refractivity contribution is -0.0823. The van der Waals surface area contributed by atoms with Crippen molar-refractivity contribution >= 4 is 11.8 Å². The van der Waals surface area contributed by atoms with Crippen LogP contribution < -0.4 is 0 Å². The van der Waals surface area contributed by atoms with Gasteiger partial charge < -0.3 is 14.7 Å².